The largest absolute Gasteiger partial charge is 0.328 e. The van der Waals surface area contributed by atoms with E-state index in [4.69, 9.17) is 0 Å². The Bertz CT molecular complexity index is 831. The van der Waals surface area contributed by atoms with Gasteiger partial charge in [-0.1, -0.05) is 48.1 Å². The molecule has 0 aromatic heterocycles. The molecule has 0 saturated carbocycles. The smallest absolute Gasteiger partial charge is 0.267 e. The van der Waals surface area contributed by atoms with Crippen LogP contribution in [-0.2, 0) is 14.4 Å². The topological polar surface area (TPSA) is 79.5 Å². The van der Waals surface area contributed by atoms with Crippen LogP contribution in [0, 0.1) is 18.3 Å². The minimum atomic E-state index is -3.64. The number of rotatable bonds is 5. The molecule has 1 aromatic carbocycles. The van der Waals surface area contributed by atoms with Crippen LogP contribution in [0.1, 0.15) is 24.5 Å². The molecule has 1 aliphatic heterocycles. The van der Waals surface area contributed by atoms with Gasteiger partial charge in [0.15, 0.2) is 0 Å². The lowest BCUT2D eigenvalue weighted by molar-refractivity contribution is 0.340. The summed E-state index contributed by atoms with van der Waals surface area (Å²) in [5.41, 5.74) is 2.38. The number of hydrogen-bond donors (Lipinski definition) is 0. The first-order valence-electron chi connectivity index (χ1n) is 7.02. The predicted molar refractivity (Wildman–Crippen MR) is 93.0 cm³/mol. The number of nitriles is 1. The molecule has 0 aliphatic carbocycles. The molecule has 0 bridgehead atoms. The highest BCUT2D eigenvalue weighted by molar-refractivity contribution is 8.18. The second-order valence-electron chi connectivity index (χ2n) is 4.87. The Balaban J connectivity index is 2.23. The predicted octanol–water partition coefficient (Wildman–Crippen LogP) is 3.60. The van der Waals surface area contributed by atoms with Crippen LogP contribution in [0.2, 0.25) is 0 Å². The molecule has 0 fully saturated rings. The summed E-state index contributed by atoms with van der Waals surface area (Å²) in [6.07, 6.45) is 3.84. The van der Waals surface area contributed by atoms with Crippen LogP contribution < -0.4 is 0 Å². The van der Waals surface area contributed by atoms with E-state index in [1.807, 2.05) is 31.2 Å². The maximum Gasteiger partial charge on any atom is 0.328 e. The lowest BCUT2D eigenvalue weighted by Crippen LogP contribution is -2.06. The second kappa shape index (κ2) is 7.49. The highest BCUT2D eigenvalue weighted by Crippen LogP contribution is 2.34. The number of aryl methyl sites for hydroxylation is 1. The van der Waals surface area contributed by atoms with Gasteiger partial charge in [0.25, 0.3) is 0 Å². The fraction of sp³-hybridized carbons (Fsp3) is 0.250. The van der Waals surface area contributed by atoms with Crippen molar-refractivity contribution in [2.75, 3.05) is 5.75 Å². The zero-order valence-corrected chi connectivity index (χ0v) is 14.4. The van der Waals surface area contributed by atoms with Crippen molar-refractivity contribution in [3.63, 3.8) is 0 Å². The van der Waals surface area contributed by atoms with Gasteiger partial charge in [0.05, 0.1) is 11.3 Å². The Morgan fingerprint density at radius 3 is 2.74 bits per heavy atom. The van der Waals surface area contributed by atoms with Gasteiger partial charge in [0.2, 0.25) is 0 Å². The number of oxime groups is 1. The van der Waals surface area contributed by atoms with Gasteiger partial charge in [-0.2, -0.15) is 13.7 Å². The number of nitrogens with zero attached hydrogens (tertiary/aromatic N) is 2. The molecule has 0 unspecified atom stereocenters. The lowest BCUT2D eigenvalue weighted by Gasteiger charge is -2.05. The van der Waals surface area contributed by atoms with Gasteiger partial charge in [-0.05, 0) is 36.6 Å². The average Bonchev–Trinajstić information content (AvgIpc) is 2.97. The summed E-state index contributed by atoms with van der Waals surface area (Å²) in [4.78, 5) is 0.719. The monoisotopic (exact) mass is 348 g/mol. The SMILES string of the molecule is CCCS(=O)(=O)O/N=C1C=C/C(=C(/C#N)c2ccccc2C)S\1. The van der Waals surface area contributed by atoms with Crippen molar-refractivity contribution in [3.05, 3.63) is 52.4 Å². The average molecular weight is 348 g/mol. The third-order valence-corrected chi connectivity index (χ3v) is 5.25. The van der Waals surface area contributed by atoms with Gasteiger partial charge in [0.1, 0.15) is 11.1 Å². The molecule has 23 heavy (non-hydrogen) atoms. The van der Waals surface area contributed by atoms with Crippen LogP contribution in [-0.4, -0.2) is 19.2 Å². The maximum atomic E-state index is 11.5. The first-order chi connectivity index (χ1) is 11.0. The molecule has 5 nitrogen and oxygen atoms in total. The molecule has 0 saturated heterocycles. The minimum absolute atomic E-state index is 0.0759. The van der Waals surface area contributed by atoms with Gasteiger partial charge >= 0.3 is 10.1 Å². The Morgan fingerprint density at radius 2 is 2.09 bits per heavy atom. The van der Waals surface area contributed by atoms with Crippen LogP contribution >= 0.6 is 11.8 Å². The molecule has 0 radical (unpaired) electrons. The van der Waals surface area contributed by atoms with E-state index < -0.39 is 10.1 Å². The van der Waals surface area contributed by atoms with E-state index in [-0.39, 0.29) is 5.75 Å². The summed E-state index contributed by atoms with van der Waals surface area (Å²) in [6.45, 7) is 3.69. The van der Waals surface area contributed by atoms with Crippen molar-refractivity contribution in [3.8, 4) is 6.07 Å². The molecule has 7 heteroatoms. The van der Waals surface area contributed by atoms with Crippen molar-refractivity contribution in [2.45, 2.75) is 20.3 Å². The first-order valence-corrected chi connectivity index (χ1v) is 9.42. The Hall–Kier alpha value is -2.04. The van der Waals surface area contributed by atoms with Crippen molar-refractivity contribution in [1.29, 1.82) is 5.26 Å². The molecule has 0 atom stereocenters. The molecule has 120 valence electrons. The normalized spacial score (nSPS) is 18.0. The number of thioether (sulfide) groups is 1. The first kappa shape index (κ1) is 17.3. The van der Waals surface area contributed by atoms with Crippen molar-refractivity contribution in [2.24, 2.45) is 5.16 Å². The van der Waals surface area contributed by atoms with E-state index in [9.17, 15) is 13.7 Å². The van der Waals surface area contributed by atoms with Crippen LogP contribution in [0.15, 0.2) is 46.5 Å². The van der Waals surface area contributed by atoms with Crippen molar-refractivity contribution >= 4 is 32.5 Å². The maximum absolute atomic E-state index is 11.5. The second-order valence-corrected chi connectivity index (χ2v) is 7.60. The van der Waals surface area contributed by atoms with E-state index in [0.717, 1.165) is 16.0 Å². The fourth-order valence-corrected chi connectivity index (χ4v) is 3.64. The van der Waals surface area contributed by atoms with Gasteiger partial charge in [-0.3, -0.25) is 4.28 Å². The van der Waals surface area contributed by atoms with E-state index in [1.165, 1.54) is 11.8 Å². The number of allylic oxidation sites excluding steroid dienone is 2. The molecular formula is C16H16N2O3S2. The van der Waals surface area contributed by atoms with Crippen LogP contribution in [0.5, 0.6) is 0 Å². The minimum Gasteiger partial charge on any atom is -0.267 e. The number of hydrogen-bond acceptors (Lipinski definition) is 6. The molecule has 0 spiro atoms. The molecule has 1 aromatic rings. The van der Waals surface area contributed by atoms with Gasteiger partial charge in [0, 0.05) is 4.91 Å². The van der Waals surface area contributed by atoms with E-state index in [1.54, 1.807) is 19.1 Å². The van der Waals surface area contributed by atoms with Crippen molar-refractivity contribution < 1.29 is 12.7 Å². The van der Waals surface area contributed by atoms with Gasteiger partial charge in [-0.25, -0.2) is 0 Å². The van der Waals surface area contributed by atoms with E-state index >= 15 is 0 Å². The standard InChI is InChI=1S/C16H16N2O3S2/c1-3-10-23(19,20)21-18-16-9-8-15(22-16)14(11-17)13-7-5-4-6-12(13)2/h4-9H,3,10H2,1-2H3/b15-14+,18-16+. The molecule has 0 amide bonds. The molecule has 2 rings (SSSR count). The van der Waals surface area contributed by atoms with Crippen LogP contribution in [0.25, 0.3) is 5.57 Å². The molecule has 1 aliphatic rings. The summed E-state index contributed by atoms with van der Waals surface area (Å²) in [5, 5.41) is 13.5. The van der Waals surface area contributed by atoms with Crippen LogP contribution in [0.3, 0.4) is 0 Å². The van der Waals surface area contributed by atoms with Crippen molar-refractivity contribution in [1.82, 2.24) is 0 Å². The Kier molecular flexibility index (Phi) is 5.64. The zero-order chi connectivity index (χ0) is 16.9. The number of benzene rings is 1. The van der Waals surface area contributed by atoms with Gasteiger partial charge < -0.3 is 0 Å². The summed E-state index contributed by atoms with van der Waals surface area (Å²) >= 11 is 1.21. The highest BCUT2D eigenvalue weighted by Gasteiger charge is 2.18. The summed E-state index contributed by atoms with van der Waals surface area (Å²) in [6, 6.07) is 9.81. The fourth-order valence-electron chi connectivity index (χ4n) is 1.99. The van der Waals surface area contributed by atoms with Crippen LogP contribution in [0.4, 0.5) is 0 Å². The molecule has 0 N–H and O–H groups in total. The third-order valence-electron chi connectivity index (χ3n) is 3.06. The highest BCUT2D eigenvalue weighted by atomic mass is 32.2. The molecule has 1 heterocycles. The summed E-state index contributed by atoms with van der Waals surface area (Å²) in [5.74, 6) is -0.0759. The summed E-state index contributed by atoms with van der Waals surface area (Å²) < 4.78 is 27.6. The zero-order valence-electron chi connectivity index (χ0n) is 12.8. The molecular weight excluding hydrogens is 332 g/mol. The third kappa shape index (κ3) is 4.47. The van der Waals surface area contributed by atoms with E-state index in [0.29, 0.717) is 17.0 Å². The Morgan fingerprint density at radius 1 is 1.35 bits per heavy atom. The van der Waals surface area contributed by atoms with E-state index in [2.05, 4.69) is 15.5 Å². The quantitative estimate of drug-likeness (QED) is 0.600. The van der Waals surface area contributed by atoms with Gasteiger partial charge in [-0.15, -0.1) is 0 Å². The summed E-state index contributed by atoms with van der Waals surface area (Å²) in [7, 11) is -3.64. The lowest BCUT2D eigenvalue weighted by atomic mass is 10.0. The Labute approximate surface area is 140 Å².